The van der Waals surface area contributed by atoms with E-state index in [1.807, 2.05) is 62.4 Å². The molecule has 8 heteroatoms. The number of carbonyl (C=O) groups is 2. The third-order valence-electron chi connectivity index (χ3n) is 5.61. The van der Waals surface area contributed by atoms with Crippen molar-refractivity contribution in [2.24, 2.45) is 0 Å². The molecule has 0 saturated carbocycles. The van der Waals surface area contributed by atoms with Gasteiger partial charge in [-0.05, 0) is 60.2 Å². The average molecular weight is 590 g/mol. The highest BCUT2D eigenvalue weighted by atomic mass is 127. The van der Waals surface area contributed by atoms with E-state index >= 15 is 0 Å². The Morgan fingerprint density at radius 1 is 1.14 bits per heavy atom. The summed E-state index contributed by atoms with van der Waals surface area (Å²) in [6.07, 6.45) is 1.38. The van der Waals surface area contributed by atoms with Gasteiger partial charge in [-0.2, -0.15) is 0 Å². The van der Waals surface area contributed by atoms with Crippen LogP contribution >= 0.6 is 22.6 Å². The zero-order valence-corrected chi connectivity index (χ0v) is 22.0. The second-order valence-corrected chi connectivity index (χ2v) is 9.78. The molecule has 0 bridgehead atoms. The summed E-state index contributed by atoms with van der Waals surface area (Å²) in [4.78, 5) is 27.8. The highest BCUT2D eigenvalue weighted by Crippen LogP contribution is 2.30. The van der Waals surface area contributed by atoms with E-state index in [9.17, 15) is 14.7 Å². The molecule has 0 spiro atoms. The number of nitrogens with zero attached hydrogens (tertiary/aromatic N) is 1. The Kier molecular flexibility index (Phi) is 9.88. The van der Waals surface area contributed by atoms with Gasteiger partial charge in [-0.25, -0.2) is 0 Å². The molecule has 3 unspecified atom stereocenters. The lowest BCUT2D eigenvalue weighted by atomic mass is 9.87. The van der Waals surface area contributed by atoms with Gasteiger partial charge in [0.05, 0.1) is 16.2 Å². The van der Waals surface area contributed by atoms with Crippen LogP contribution in [0.1, 0.15) is 25.8 Å². The van der Waals surface area contributed by atoms with Crippen molar-refractivity contribution in [2.75, 3.05) is 13.2 Å². The first-order chi connectivity index (χ1) is 16.8. The molecule has 3 N–H and O–H groups in total. The Morgan fingerprint density at radius 3 is 2.49 bits per heavy atom. The normalized spacial score (nSPS) is 19.3. The van der Waals surface area contributed by atoms with E-state index in [1.165, 1.54) is 6.08 Å². The van der Waals surface area contributed by atoms with Gasteiger partial charge in [0.2, 0.25) is 11.8 Å². The molecule has 2 aromatic carbocycles. The fourth-order valence-electron chi connectivity index (χ4n) is 3.94. The minimum Gasteiger partial charge on any atom is -0.482 e. The number of aliphatic hydroxyl groups excluding tert-OH is 2. The van der Waals surface area contributed by atoms with Gasteiger partial charge in [0, 0.05) is 31.2 Å². The number of amides is 2. The largest absolute Gasteiger partial charge is 0.482 e. The first-order valence-corrected chi connectivity index (χ1v) is 12.6. The SMILES string of the molecule is CC(C)=CC(=O)N(Cc1ccccc1)C1CC(C(=O)NCCO)=CC(Oc2ccccc2I)C1O. The Hall–Kier alpha value is -2.69. The Labute approximate surface area is 219 Å². The van der Waals surface area contributed by atoms with Crippen LogP contribution in [-0.4, -0.2) is 58.3 Å². The van der Waals surface area contributed by atoms with Gasteiger partial charge < -0.3 is 25.2 Å². The standard InChI is InChI=1S/C27H31IN2O5/c1-18(2)14-25(32)30(17-19-8-4-3-5-9-19)22-15-20(27(34)29-12-13-31)16-24(26(22)33)35-23-11-7-6-10-21(23)28/h3-11,14,16,22,24,26,31,33H,12-13,15,17H2,1-2H3,(H,29,34). The summed E-state index contributed by atoms with van der Waals surface area (Å²) < 4.78 is 7.02. The molecule has 3 atom stereocenters. The van der Waals surface area contributed by atoms with Crippen molar-refractivity contribution in [3.8, 4) is 5.75 Å². The number of para-hydroxylation sites is 1. The molecular weight excluding hydrogens is 559 g/mol. The third-order valence-corrected chi connectivity index (χ3v) is 6.50. The molecule has 0 radical (unpaired) electrons. The van der Waals surface area contributed by atoms with Gasteiger partial charge in [0.25, 0.3) is 0 Å². The fraction of sp³-hybridized carbons (Fsp3) is 0.333. The van der Waals surface area contributed by atoms with Crippen LogP contribution < -0.4 is 10.1 Å². The molecule has 0 heterocycles. The number of nitrogens with one attached hydrogen (secondary N) is 1. The average Bonchev–Trinajstić information content (AvgIpc) is 2.84. The minimum absolute atomic E-state index is 0.107. The molecule has 35 heavy (non-hydrogen) atoms. The molecule has 2 amide bonds. The number of halogens is 1. The van der Waals surface area contributed by atoms with Crippen LogP contribution in [0, 0.1) is 3.57 Å². The van der Waals surface area contributed by atoms with Crippen molar-refractivity contribution in [1.82, 2.24) is 10.2 Å². The van der Waals surface area contributed by atoms with Gasteiger partial charge in [-0.1, -0.05) is 48.0 Å². The summed E-state index contributed by atoms with van der Waals surface area (Å²) in [6.45, 7) is 3.87. The predicted molar refractivity (Wildman–Crippen MR) is 143 cm³/mol. The lowest BCUT2D eigenvalue weighted by Gasteiger charge is -2.40. The van der Waals surface area contributed by atoms with Gasteiger partial charge in [-0.3, -0.25) is 9.59 Å². The maximum atomic E-state index is 13.3. The van der Waals surface area contributed by atoms with Crippen molar-refractivity contribution in [2.45, 2.75) is 45.1 Å². The van der Waals surface area contributed by atoms with Crippen molar-refractivity contribution < 1.29 is 24.5 Å². The first-order valence-electron chi connectivity index (χ1n) is 11.5. The van der Waals surface area contributed by atoms with Crippen LogP contribution in [0.15, 0.2) is 77.9 Å². The highest BCUT2D eigenvalue weighted by molar-refractivity contribution is 14.1. The van der Waals surface area contributed by atoms with Crippen LogP contribution in [-0.2, 0) is 16.1 Å². The predicted octanol–water partition coefficient (Wildman–Crippen LogP) is 3.20. The van der Waals surface area contributed by atoms with Gasteiger partial charge in [0.1, 0.15) is 18.0 Å². The lowest BCUT2D eigenvalue weighted by Crippen LogP contribution is -2.54. The molecule has 1 aliphatic rings. The highest BCUT2D eigenvalue weighted by Gasteiger charge is 2.40. The number of ether oxygens (including phenoxy) is 1. The molecule has 1 aliphatic carbocycles. The maximum absolute atomic E-state index is 13.3. The summed E-state index contributed by atoms with van der Waals surface area (Å²) >= 11 is 2.15. The molecule has 0 fully saturated rings. The Morgan fingerprint density at radius 2 is 1.83 bits per heavy atom. The third kappa shape index (κ3) is 7.39. The monoisotopic (exact) mass is 590 g/mol. The van der Waals surface area contributed by atoms with E-state index < -0.39 is 18.2 Å². The topological polar surface area (TPSA) is 99.1 Å². The summed E-state index contributed by atoms with van der Waals surface area (Å²) in [5.41, 5.74) is 2.14. The van der Waals surface area contributed by atoms with Crippen LogP contribution in [0.4, 0.5) is 0 Å². The van der Waals surface area contributed by atoms with Gasteiger partial charge >= 0.3 is 0 Å². The molecule has 7 nitrogen and oxygen atoms in total. The van der Waals surface area contributed by atoms with E-state index in [4.69, 9.17) is 9.84 Å². The van der Waals surface area contributed by atoms with Crippen molar-refractivity contribution in [1.29, 1.82) is 0 Å². The van der Waals surface area contributed by atoms with Crippen molar-refractivity contribution in [3.63, 3.8) is 0 Å². The zero-order valence-electron chi connectivity index (χ0n) is 19.9. The number of aliphatic hydroxyl groups is 2. The minimum atomic E-state index is -1.07. The van der Waals surface area contributed by atoms with E-state index in [1.54, 1.807) is 17.0 Å². The fourth-order valence-corrected chi connectivity index (χ4v) is 4.45. The Balaban J connectivity index is 1.99. The second kappa shape index (κ2) is 12.9. The van der Waals surface area contributed by atoms with Crippen LogP contribution in [0.25, 0.3) is 0 Å². The summed E-state index contributed by atoms with van der Waals surface area (Å²) in [5, 5.41) is 23.2. The van der Waals surface area contributed by atoms with E-state index in [0.29, 0.717) is 11.3 Å². The van der Waals surface area contributed by atoms with Crippen molar-refractivity contribution >= 4 is 34.4 Å². The van der Waals surface area contributed by atoms with Crippen molar-refractivity contribution in [3.05, 3.63) is 87.0 Å². The maximum Gasteiger partial charge on any atom is 0.247 e. The quantitative estimate of drug-likeness (QED) is 0.308. The van der Waals surface area contributed by atoms with Gasteiger partial charge in [0.15, 0.2) is 0 Å². The van der Waals surface area contributed by atoms with Crippen LogP contribution in [0.2, 0.25) is 0 Å². The van der Waals surface area contributed by atoms with E-state index in [-0.39, 0.29) is 37.9 Å². The van der Waals surface area contributed by atoms with Gasteiger partial charge in [-0.15, -0.1) is 0 Å². The molecule has 186 valence electrons. The smallest absolute Gasteiger partial charge is 0.247 e. The molecular formula is C27H31IN2O5. The molecule has 2 aromatic rings. The number of carbonyl (C=O) groups excluding carboxylic acids is 2. The molecule has 0 saturated heterocycles. The van der Waals surface area contributed by atoms with E-state index in [0.717, 1.165) is 14.7 Å². The molecule has 0 aromatic heterocycles. The lowest BCUT2D eigenvalue weighted by molar-refractivity contribution is -0.134. The zero-order chi connectivity index (χ0) is 25.4. The van der Waals surface area contributed by atoms with Crippen LogP contribution in [0.5, 0.6) is 5.75 Å². The Bertz CT molecular complexity index is 1080. The number of benzene rings is 2. The number of allylic oxidation sites excluding steroid dienone is 1. The van der Waals surface area contributed by atoms with E-state index in [2.05, 4.69) is 27.9 Å². The number of rotatable bonds is 9. The number of hydrogen-bond acceptors (Lipinski definition) is 5. The second-order valence-electron chi connectivity index (χ2n) is 8.62. The first kappa shape index (κ1) is 26.9. The summed E-state index contributed by atoms with van der Waals surface area (Å²) in [5.74, 6) is -0.0287. The molecule has 3 rings (SSSR count). The summed E-state index contributed by atoms with van der Waals surface area (Å²) in [7, 11) is 0. The molecule has 0 aliphatic heterocycles. The summed E-state index contributed by atoms with van der Waals surface area (Å²) in [6, 6.07) is 16.2. The number of hydrogen-bond donors (Lipinski definition) is 3. The van der Waals surface area contributed by atoms with Crippen LogP contribution in [0.3, 0.4) is 0 Å².